The van der Waals surface area contributed by atoms with Crippen molar-refractivity contribution < 1.29 is 25.2 Å². The molecule has 194 valence electrons. The Morgan fingerprint density at radius 3 is 2.65 bits per heavy atom. The molecule has 0 amide bonds. The van der Waals surface area contributed by atoms with Crippen molar-refractivity contribution in [1.29, 1.82) is 0 Å². The molecule has 0 unspecified atom stereocenters. The van der Waals surface area contributed by atoms with Crippen LogP contribution in [-0.4, -0.2) is 57.6 Å². The quantitative estimate of drug-likeness (QED) is 0.325. The number of hydrogen-bond acceptors (Lipinski definition) is 5. The molecule has 3 aliphatic carbocycles. The highest BCUT2D eigenvalue weighted by molar-refractivity contribution is 5.35. The summed E-state index contributed by atoms with van der Waals surface area (Å²) in [5, 5.41) is 40.0. The first-order valence-electron chi connectivity index (χ1n) is 13.4. The van der Waals surface area contributed by atoms with Gasteiger partial charge in [-0.15, -0.1) is 0 Å². The van der Waals surface area contributed by atoms with Gasteiger partial charge in [0.25, 0.3) is 0 Å². The standard InChI is InChI=1S/C29H48O5/c1-20(8-5-14-28(2,3)33)23-12-13-24-22(9-6-15-29(23,24)4)11-10-21-18-25(31)27(26(32)19-21)34-17-7-16-30/h9-11,18,20,23-27,30-33H,5-8,12-17,19H2,1-4H3/b11-10-/t20-,23-,24+,25-,26-,27+,29-/m1/s1. The largest absolute Gasteiger partial charge is 0.396 e. The summed E-state index contributed by atoms with van der Waals surface area (Å²) in [6.07, 6.45) is 15.2. The van der Waals surface area contributed by atoms with E-state index >= 15 is 0 Å². The van der Waals surface area contributed by atoms with Gasteiger partial charge >= 0.3 is 0 Å². The van der Waals surface area contributed by atoms with Gasteiger partial charge in [-0.2, -0.15) is 0 Å². The summed E-state index contributed by atoms with van der Waals surface area (Å²) in [7, 11) is 0. The molecule has 0 spiro atoms. The molecule has 3 rings (SSSR count). The zero-order valence-electron chi connectivity index (χ0n) is 21.7. The monoisotopic (exact) mass is 476 g/mol. The van der Waals surface area contributed by atoms with Crippen LogP contribution in [0.25, 0.3) is 0 Å². The molecule has 0 aromatic carbocycles. The topological polar surface area (TPSA) is 90.2 Å². The van der Waals surface area contributed by atoms with Gasteiger partial charge < -0.3 is 25.2 Å². The molecule has 3 aliphatic rings. The zero-order valence-corrected chi connectivity index (χ0v) is 21.7. The first kappa shape index (κ1) is 27.6. The van der Waals surface area contributed by atoms with E-state index in [-0.39, 0.29) is 6.61 Å². The van der Waals surface area contributed by atoms with Gasteiger partial charge in [-0.25, -0.2) is 0 Å². The van der Waals surface area contributed by atoms with E-state index < -0.39 is 23.9 Å². The average Bonchev–Trinajstić information content (AvgIpc) is 3.11. The van der Waals surface area contributed by atoms with Crippen LogP contribution in [0, 0.1) is 23.2 Å². The van der Waals surface area contributed by atoms with Crippen LogP contribution in [0.4, 0.5) is 0 Å². The minimum atomic E-state index is -0.840. The van der Waals surface area contributed by atoms with Crippen molar-refractivity contribution in [3.63, 3.8) is 0 Å². The Hall–Kier alpha value is -0.980. The average molecular weight is 477 g/mol. The summed E-state index contributed by atoms with van der Waals surface area (Å²) in [5.41, 5.74) is 2.10. The maximum absolute atomic E-state index is 10.5. The van der Waals surface area contributed by atoms with Crippen molar-refractivity contribution in [2.24, 2.45) is 23.2 Å². The highest BCUT2D eigenvalue weighted by Gasteiger charge is 2.49. The molecule has 0 saturated heterocycles. The highest BCUT2D eigenvalue weighted by atomic mass is 16.5. The molecule has 0 aliphatic heterocycles. The van der Waals surface area contributed by atoms with Crippen LogP contribution in [0.1, 0.15) is 85.5 Å². The van der Waals surface area contributed by atoms with E-state index in [9.17, 15) is 15.3 Å². The molecule has 0 bridgehead atoms. The zero-order chi connectivity index (χ0) is 24.9. The minimum absolute atomic E-state index is 0.0401. The van der Waals surface area contributed by atoms with Crippen molar-refractivity contribution in [3.8, 4) is 0 Å². The fourth-order valence-electron chi connectivity index (χ4n) is 6.83. The molecule has 4 N–H and O–H groups in total. The normalized spacial score (nSPS) is 35.2. The van der Waals surface area contributed by atoms with Crippen molar-refractivity contribution in [2.75, 3.05) is 13.2 Å². The van der Waals surface area contributed by atoms with E-state index in [0.29, 0.717) is 42.6 Å². The SMILES string of the molecule is C[C@H](CCCC(C)(C)O)[C@H]1CC[C@H]2C(/C=C\C3=C[C@@H](O)[C@H](OCCCO)[C@H](O)C3)=CCC[C@]12C. The van der Waals surface area contributed by atoms with Gasteiger partial charge in [0.1, 0.15) is 12.2 Å². The van der Waals surface area contributed by atoms with Crippen LogP contribution < -0.4 is 0 Å². The highest BCUT2D eigenvalue weighted by Crippen LogP contribution is 2.58. The maximum atomic E-state index is 10.5. The molecule has 1 fully saturated rings. The molecule has 5 nitrogen and oxygen atoms in total. The van der Waals surface area contributed by atoms with E-state index in [0.717, 1.165) is 24.8 Å². The molecule has 0 aromatic rings. The van der Waals surface area contributed by atoms with Gasteiger partial charge in [-0.05, 0) is 86.7 Å². The van der Waals surface area contributed by atoms with Gasteiger partial charge in [0.15, 0.2) is 0 Å². The first-order chi connectivity index (χ1) is 16.0. The lowest BCUT2D eigenvalue weighted by Crippen LogP contribution is -2.42. The fourth-order valence-corrected chi connectivity index (χ4v) is 6.83. The summed E-state index contributed by atoms with van der Waals surface area (Å²) in [4.78, 5) is 0. The Labute approximate surface area is 206 Å². The van der Waals surface area contributed by atoms with E-state index in [1.165, 1.54) is 31.3 Å². The number of rotatable bonds is 11. The van der Waals surface area contributed by atoms with Gasteiger partial charge in [-0.3, -0.25) is 0 Å². The summed E-state index contributed by atoms with van der Waals surface area (Å²) < 4.78 is 5.59. The van der Waals surface area contributed by atoms with Gasteiger partial charge in [-0.1, -0.05) is 51.0 Å². The number of aliphatic hydroxyl groups excluding tert-OH is 3. The maximum Gasteiger partial charge on any atom is 0.113 e. The van der Waals surface area contributed by atoms with Gasteiger partial charge in [0.05, 0.1) is 11.7 Å². The van der Waals surface area contributed by atoms with E-state index in [4.69, 9.17) is 9.84 Å². The summed E-state index contributed by atoms with van der Waals surface area (Å²) >= 11 is 0. The minimum Gasteiger partial charge on any atom is -0.396 e. The second kappa shape index (κ2) is 11.8. The number of allylic oxidation sites excluding steroid dienone is 4. The third-order valence-electron chi connectivity index (χ3n) is 8.66. The molecule has 5 heteroatoms. The molecular weight excluding hydrogens is 428 g/mol. The molecule has 0 aromatic heterocycles. The van der Waals surface area contributed by atoms with Crippen molar-refractivity contribution in [1.82, 2.24) is 0 Å². The predicted molar refractivity (Wildman–Crippen MR) is 136 cm³/mol. The second-order valence-electron chi connectivity index (χ2n) is 11.9. The predicted octanol–water partition coefficient (Wildman–Crippen LogP) is 4.69. The first-order valence-corrected chi connectivity index (χ1v) is 13.4. The second-order valence-corrected chi connectivity index (χ2v) is 11.9. The fraction of sp³-hybridized carbons (Fsp3) is 0.793. The van der Waals surface area contributed by atoms with E-state index in [1.807, 2.05) is 13.8 Å². The Kier molecular flexibility index (Phi) is 9.61. The number of hydrogen-bond donors (Lipinski definition) is 4. The van der Waals surface area contributed by atoms with Gasteiger partial charge in [0, 0.05) is 19.6 Å². The molecule has 7 atom stereocenters. The lowest BCUT2D eigenvalue weighted by molar-refractivity contribution is -0.0920. The molecular formula is C29H48O5. The van der Waals surface area contributed by atoms with Crippen LogP contribution in [0.2, 0.25) is 0 Å². The summed E-state index contributed by atoms with van der Waals surface area (Å²) in [6, 6.07) is 0. The van der Waals surface area contributed by atoms with Crippen LogP contribution in [0.3, 0.4) is 0 Å². The summed E-state index contributed by atoms with van der Waals surface area (Å²) in [6.45, 7) is 9.07. The Morgan fingerprint density at radius 2 is 1.97 bits per heavy atom. The van der Waals surface area contributed by atoms with E-state index in [2.05, 4.69) is 32.1 Å². The van der Waals surface area contributed by atoms with Crippen LogP contribution in [0.15, 0.2) is 35.5 Å². The van der Waals surface area contributed by atoms with Crippen molar-refractivity contribution in [3.05, 3.63) is 35.5 Å². The number of fused-ring (bicyclic) bond motifs is 1. The van der Waals surface area contributed by atoms with Crippen LogP contribution in [-0.2, 0) is 4.74 Å². The molecule has 0 heterocycles. The van der Waals surface area contributed by atoms with E-state index in [1.54, 1.807) is 6.08 Å². The third kappa shape index (κ3) is 6.82. The smallest absolute Gasteiger partial charge is 0.113 e. The van der Waals surface area contributed by atoms with Crippen molar-refractivity contribution >= 4 is 0 Å². The number of aliphatic hydroxyl groups is 4. The Bertz CT molecular complexity index is 748. The van der Waals surface area contributed by atoms with Gasteiger partial charge in [0.2, 0.25) is 0 Å². The molecule has 0 radical (unpaired) electrons. The van der Waals surface area contributed by atoms with Crippen LogP contribution in [0.5, 0.6) is 0 Å². The lowest BCUT2D eigenvalue weighted by atomic mass is 9.62. The third-order valence-corrected chi connectivity index (χ3v) is 8.66. The summed E-state index contributed by atoms with van der Waals surface area (Å²) in [5.74, 6) is 1.94. The Morgan fingerprint density at radius 1 is 1.21 bits per heavy atom. The number of ether oxygens (including phenoxy) is 1. The van der Waals surface area contributed by atoms with Crippen molar-refractivity contribution in [2.45, 2.75) is 109 Å². The lowest BCUT2D eigenvalue weighted by Gasteiger charge is -2.43. The molecule has 34 heavy (non-hydrogen) atoms. The Balaban J connectivity index is 1.62. The molecule has 1 saturated carbocycles. The van der Waals surface area contributed by atoms with Crippen LogP contribution >= 0.6 is 0 Å².